The van der Waals surface area contributed by atoms with E-state index in [4.69, 9.17) is 33.5 Å². The summed E-state index contributed by atoms with van der Waals surface area (Å²) in [6.45, 7) is 18.6. The van der Waals surface area contributed by atoms with Crippen molar-refractivity contribution in [2.45, 2.75) is 120 Å². The number of nitrogens with two attached hydrogens (primary N) is 3. The molecule has 30 heteroatoms. The van der Waals surface area contributed by atoms with E-state index in [1.165, 1.54) is 71.3 Å². The smallest absolute Gasteiger partial charge is 0.254 e. The van der Waals surface area contributed by atoms with Gasteiger partial charge in [-0.3, -0.25) is 52.7 Å². The Balaban J connectivity index is 0.000000481. The summed E-state index contributed by atoms with van der Waals surface area (Å²) in [7, 11) is 14.6. The van der Waals surface area contributed by atoms with Crippen LogP contribution in [0.25, 0.3) is 0 Å². The van der Waals surface area contributed by atoms with E-state index >= 15 is 0 Å². The Labute approximate surface area is 722 Å². The van der Waals surface area contributed by atoms with E-state index in [1.807, 2.05) is 79.3 Å². The molecule has 8 N–H and O–H groups in total. The summed E-state index contributed by atoms with van der Waals surface area (Å²) >= 11 is 6.06. The number of hydrogen-bond acceptors (Lipinski definition) is 14. The van der Waals surface area contributed by atoms with Gasteiger partial charge in [-0.05, 0) is 259 Å². The predicted octanol–water partition coefficient (Wildman–Crippen LogP) is 15.0. The third kappa shape index (κ3) is 42.0. The van der Waals surface area contributed by atoms with Gasteiger partial charge < -0.3 is 57.1 Å². The molecule has 9 rings (SSSR count). The number of carbonyl (C=O) groups excluding carboxylic acids is 11. The minimum atomic E-state index is -1.09. The lowest BCUT2D eigenvalue weighted by atomic mass is 10.0. The number of nitrogens with one attached hydrogen (secondary N) is 2. The number of hydrogen-bond donors (Lipinski definition) is 5. The van der Waals surface area contributed by atoms with Crippen LogP contribution in [0.1, 0.15) is 192 Å². The Hall–Kier alpha value is -11.8. The van der Waals surface area contributed by atoms with Crippen LogP contribution in [0.3, 0.4) is 0 Å². The maximum absolute atomic E-state index is 13.6. The second-order valence-electron chi connectivity index (χ2n) is 29.9. The van der Waals surface area contributed by atoms with Gasteiger partial charge in [-0.25, -0.2) is 30.7 Å². The van der Waals surface area contributed by atoms with E-state index in [-0.39, 0.29) is 94.7 Å². The third-order valence-corrected chi connectivity index (χ3v) is 18.1. The van der Waals surface area contributed by atoms with E-state index in [1.54, 1.807) is 109 Å². The SMILES string of the molecule is Cc1cc(F)c(C(N)=O)c(F)c1.Cc1ccc(C(=O)CCCC(=O)N(C)C)c(F)c1.Cc1ccc(C(=O)CCCCN(C)C)c(Cl)c1.Cc1ccc(C(=O)CCCCN(C)C)c(F)c1.Cc1ccc(C(=O)NCC(=O)N(C)C)c(F)c1.Cc1ccc(C(=O)NCCC(=O)N2CCOCC2)c(F)c1.Cc1ccc(F)c(C(N)=O)c1.Cc1cccc(C(N)=O)c1. The van der Waals surface area contributed by atoms with E-state index in [0.29, 0.717) is 73.7 Å². The fourth-order valence-electron chi connectivity index (χ4n) is 10.9. The molecular formula is C93H116ClF7N10O12. The van der Waals surface area contributed by atoms with E-state index in [0.717, 1.165) is 89.8 Å². The van der Waals surface area contributed by atoms with Gasteiger partial charge >= 0.3 is 0 Å². The standard InChI is InChI=1S/C15H19FN2O3.C14H20ClNO.C14H18FNO2.C14H20FNO.C12H15FN2O2.C8H7F2NO.C8H8FNO.C8H9NO/c1-11-2-3-12(13(16)10-11)15(20)17-5-4-14(19)18-6-8-21-9-7-18;1-11-7-8-12(13(15)10-11)14(17)6-4-5-9-16(2)3;1-10-7-8-11(12(15)9-10)13(17)5-4-6-14(18)16(2)3;1-11-7-8-12(13(15)10-11)14(17)6-4-5-9-16(2)3;1-8-4-5-9(10(13)6-8)12(17)14-7-11(16)15(2)3;1-4-2-5(9)7(8(11)12)6(10)3-4;1-5-2-3-7(9)6(4-5)8(10)11;1-6-3-2-4-7(5-6)8(9)10/h2-3,10H,4-9H2,1H3,(H,17,20);7-8,10H,4-6,9H2,1-3H3;7-9H,4-6H2,1-3H3;7-8,10H,4-6,9H2,1-3H3;4-6H,7H2,1-3H3,(H,14,17);2-3H,1H3,(H2,11,12);2-4H,1H3,(H2,10,11);2-5H,1H3,(H2,9,10). The average Bonchev–Trinajstić information content (AvgIpc) is 0.874. The van der Waals surface area contributed by atoms with Crippen LogP contribution in [0, 0.1) is 96.1 Å². The van der Waals surface area contributed by atoms with Crippen molar-refractivity contribution in [3.8, 4) is 0 Å². The molecule has 1 heterocycles. The average molecular weight is 1730 g/mol. The number of halogens is 8. The molecule has 0 bridgehead atoms. The Bertz CT molecular complexity index is 4790. The number of rotatable bonds is 27. The molecule has 22 nitrogen and oxygen atoms in total. The molecule has 1 aliphatic rings. The van der Waals surface area contributed by atoms with Crippen molar-refractivity contribution >= 4 is 76.2 Å². The predicted molar refractivity (Wildman–Crippen MR) is 465 cm³/mol. The largest absolute Gasteiger partial charge is 0.378 e. The van der Waals surface area contributed by atoms with Gasteiger partial charge in [-0.15, -0.1) is 0 Å². The molecule has 1 saturated heterocycles. The molecule has 8 aromatic rings. The van der Waals surface area contributed by atoms with E-state index in [9.17, 15) is 83.5 Å². The summed E-state index contributed by atoms with van der Waals surface area (Å²) in [6, 6.07) is 37.3. The third-order valence-electron chi connectivity index (χ3n) is 17.8. The normalized spacial score (nSPS) is 11.0. The van der Waals surface area contributed by atoms with Crippen molar-refractivity contribution in [1.29, 1.82) is 0 Å². The number of primary amides is 3. The molecule has 0 spiro atoms. The Kier molecular flexibility index (Phi) is 48.8. The highest BCUT2D eigenvalue weighted by atomic mass is 35.5. The summed E-state index contributed by atoms with van der Waals surface area (Å²) < 4.78 is 97.6. The topological polar surface area (TPSA) is 315 Å². The van der Waals surface area contributed by atoms with Gasteiger partial charge in [0.15, 0.2) is 17.3 Å². The van der Waals surface area contributed by atoms with Crippen molar-refractivity contribution in [2.24, 2.45) is 17.2 Å². The molecule has 0 saturated carbocycles. The number of ketones is 3. The van der Waals surface area contributed by atoms with Crippen LogP contribution in [0.4, 0.5) is 30.7 Å². The fraction of sp³-hybridized carbons (Fsp3) is 0.366. The summed E-state index contributed by atoms with van der Waals surface area (Å²) in [6.07, 6.45) is 5.90. The molecule has 0 atom stereocenters. The van der Waals surface area contributed by atoms with Gasteiger partial charge in [0.2, 0.25) is 23.6 Å². The van der Waals surface area contributed by atoms with Crippen molar-refractivity contribution < 1.29 is 88.2 Å². The van der Waals surface area contributed by atoms with Crippen LogP contribution in [0.15, 0.2) is 146 Å². The zero-order valence-corrected chi connectivity index (χ0v) is 73.7. The number of likely N-dealkylation sites (N-methyl/N-ethyl adjacent to an activating group) is 1. The van der Waals surface area contributed by atoms with Gasteiger partial charge in [-0.2, -0.15) is 0 Å². The van der Waals surface area contributed by atoms with E-state index < -0.39 is 69.9 Å². The summed E-state index contributed by atoms with van der Waals surface area (Å²) in [5, 5.41) is 5.51. The summed E-state index contributed by atoms with van der Waals surface area (Å²) in [4.78, 5) is 134. The zero-order chi connectivity index (χ0) is 92.9. The number of ether oxygens (including phenoxy) is 1. The van der Waals surface area contributed by atoms with Gasteiger partial charge in [0.25, 0.3) is 23.6 Å². The minimum absolute atomic E-state index is 0.000536. The number of amides is 8. The molecule has 0 aromatic heterocycles. The fourth-order valence-corrected chi connectivity index (χ4v) is 11.3. The first-order chi connectivity index (χ1) is 57.7. The summed E-state index contributed by atoms with van der Waals surface area (Å²) in [5.41, 5.74) is 22.0. The monoisotopic (exact) mass is 1730 g/mol. The molecule has 0 aliphatic carbocycles. The maximum atomic E-state index is 13.6. The number of carbonyl (C=O) groups is 11. The van der Waals surface area contributed by atoms with Crippen LogP contribution >= 0.6 is 11.6 Å². The van der Waals surface area contributed by atoms with Gasteiger partial charge in [-0.1, -0.05) is 71.3 Å². The van der Waals surface area contributed by atoms with Crippen molar-refractivity contribution in [1.82, 2.24) is 35.1 Å². The van der Waals surface area contributed by atoms with Crippen molar-refractivity contribution in [3.05, 3.63) is 280 Å². The lowest BCUT2D eigenvalue weighted by Gasteiger charge is -2.26. The van der Waals surface area contributed by atoms with Gasteiger partial charge in [0.1, 0.15) is 46.3 Å². The molecular weight excluding hydrogens is 1620 g/mol. The summed E-state index contributed by atoms with van der Waals surface area (Å²) in [5.74, 6) is -8.19. The number of benzene rings is 8. The van der Waals surface area contributed by atoms with Crippen LogP contribution in [0.5, 0.6) is 0 Å². The lowest BCUT2D eigenvalue weighted by Crippen LogP contribution is -2.42. The van der Waals surface area contributed by atoms with Crippen molar-refractivity contribution in [2.75, 3.05) is 109 Å². The van der Waals surface area contributed by atoms with Gasteiger partial charge in [0, 0.05) is 91.1 Å². The Morgan fingerprint density at radius 1 is 0.374 bits per heavy atom. The van der Waals surface area contributed by atoms with Crippen LogP contribution < -0.4 is 27.8 Å². The highest BCUT2D eigenvalue weighted by molar-refractivity contribution is 6.34. The highest BCUT2D eigenvalue weighted by Crippen LogP contribution is 2.22. The molecule has 1 aliphatic heterocycles. The first kappa shape index (κ1) is 107. The number of unbranched alkanes of at least 4 members (excludes halogenated alkanes) is 2. The number of aryl methyl sites for hydroxylation is 8. The molecule has 8 aromatic carbocycles. The molecule has 0 radical (unpaired) electrons. The second kappa shape index (κ2) is 56.0. The number of morpholine rings is 1. The minimum Gasteiger partial charge on any atom is -0.378 e. The molecule has 123 heavy (non-hydrogen) atoms. The quantitative estimate of drug-likeness (QED) is 0.0182. The maximum Gasteiger partial charge on any atom is 0.254 e. The molecule has 8 amide bonds. The Morgan fingerprint density at radius 2 is 0.756 bits per heavy atom. The lowest BCUT2D eigenvalue weighted by molar-refractivity contribution is -0.135. The van der Waals surface area contributed by atoms with Crippen LogP contribution in [-0.2, 0) is 19.1 Å². The number of nitrogens with zero attached hydrogens (tertiary/aromatic N) is 5. The zero-order valence-electron chi connectivity index (χ0n) is 73.0. The molecule has 666 valence electrons. The van der Waals surface area contributed by atoms with Crippen LogP contribution in [-0.4, -0.2) is 198 Å². The van der Waals surface area contributed by atoms with Gasteiger partial charge in [0.05, 0.1) is 52.6 Å². The second-order valence-corrected chi connectivity index (χ2v) is 30.3. The van der Waals surface area contributed by atoms with E-state index in [2.05, 4.69) is 20.4 Å². The van der Waals surface area contributed by atoms with Crippen molar-refractivity contribution in [3.63, 3.8) is 0 Å². The molecule has 1 fully saturated rings. The molecule has 0 unspecified atom stereocenters. The Morgan fingerprint density at radius 3 is 1.14 bits per heavy atom. The first-order valence-corrected chi connectivity index (χ1v) is 39.8. The highest BCUT2D eigenvalue weighted by Gasteiger charge is 2.21. The first-order valence-electron chi connectivity index (χ1n) is 39.4. The van der Waals surface area contributed by atoms with Crippen LogP contribution in [0.2, 0.25) is 5.02 Å². The number of Topliss-reactive ketones (excluding diaryl/α,β-unsaturated/α-hetero) is 3.